The van der Waals surface area contributed by atoms with Gasteiger partial charge in [0, 0.05) is 17.1 Å². The number of fused-ring (bicyclic) bond motifs is 1. The summed E-state index contributed by atoms with van der Waals surface area (Å²) >= 11 is 0. The minimum absolute atomic E-state index is 0.318. The number of benzene rings is 2. The second-order valence-corrected chi connectivity index (χ2v) is 6.64. The van der Waals surface area contributed by atoms with Gasteiger partial charge in [0.1, 0.15) is 11.3 Å². The van der Waals surface area contributed by atoms with Gasteiger partial charge in [-0.05, 0) is 51.0 Å². The van der Waals surface area contributed by atoms with Crippen LogP contribution in [0.4, 0.5) is 0 Å². The monoisotopic (exact) mass is 361 g/mol. The van der Waals surface area contributed by atoms with Crippen LogP contribution in [0, 0.1) is 20.8 Å². The third kappa shape index (κ3) is 4.31. The molecular weight excluding hydrogens is 338 g/mol. The molecule has 138 valence electrons. The van der Waals surface area contributed by atoms with Crippen LogP contribution < -0.4 is 10.2 Å². The molecule has 5 heteroatoms. The molecule has 3 aromatic rings. The summed E-state index contributed by atoms with van der Waals surface area (Å²) in [6.45, 7) is 7.81. The lowest BCUT2D eigenvalue weighted by Crippen LogP contribution is -2.33. The van der Waals surface area contributed by atoms with Crippen LogP contribution >= 0.6 is 0 Å². The first kappa shape index (κ1) is 18.6. The Kier molecular flexibility index (Phi) is 5.50. The Morgan fingerprint density at radius 2 is 1.85 bits per heavy atom. The van der Waals surface area contributed by atoms with Gasteiger partial charge in [0.25, 0.3) is 5.91 Å². The summed E-state index contributed by atoms with van der Waals surface area (Å²) < 4.78 is 5.81. The molecule has 1 unspecified atom stereocenters. The third-order valence-corrected chi connectivity index (χ3v) is 4.38. The fraction of sp³-hybridized carbons (Fsp3) is 0.227. The lowest BCUT2D eigenvalue weighted by Gasteiger charge is -2.14. The molecule has 0 aliphatic carbocycles. The van der Waals surface area contributed by atoms with Crippen LogP contribution in [0.2, 0.25) is 0 Å². The molecule has 0 fully saturated rings. The number of nitrogens with one attached hydrogen (secondary N) is 1. The van der Waals surface area contributed by atoms with E-state index in [0.29, 0.717) is 5.75 Å². The number of pyridine rings is 1. The average Bonchev–Trinajstić information content (AvgIpc) is 2.64. The highest BCUT2D eigenvalue weighted by Gasteiger charge is 2.15. The van der Waals surface area contributed by atoms with Gasteiger partial charge in [-0.2, -0.15) is 5.10 Å². The molecule has 1 atom stereocenters. The van der Waals surface area contributed by atoms with Crippen LogP contribution in [-0.2, 0) is 4.79 Å². The predicted molar refractivity (Wildman–Crippen MR) is 108 cm³/mol. The smallest absolute Gasteiger partial charge is 0.280 e. The van der Waals surface area contributed by atoms with Crippen LogP contribution in [0.15, 0.2) is 53.8 Å². The number of hydrogen-bond acceptors (Lipinski definition) is 4. The van der Waals surface area contributed by atoms with E-state index in [9.17, 15) is 4.79 Å². The molecule has 0 saturated carbocycles. The minimum atomic E-state index is -0.699. The Bertz CT molecular complexity index is 983. The van der Waals surface area contributed by atoms with E-state index < -0.39 is 6.10 Å². The Labute approximate surface area is 159 Å². The Morgan fingerprint density at radius 3 is 2.59 bits per heavy atom. The number of carbonyl (C=O) groups is 1. The fourth-order valence-corrected chi connectivity index (χ4v) is 3.06. The van der Waals surface area contributed by atoms with Crippen LogP contribution in [-0.4, -0.2) is 23.2 Å². The molecule has 1 N–H and O–H groups in total. The second-order valence-electron chi connectivity index (χ2n) is 6.64. The highest BCUT2D eigenvalue weighted by Crippen LogP contribution is 2.24. The molecule has 0 aliphatic heterocycles. The van der Waals surface area contributed by atoms with Crippen molar-refractivity contribution < 1.29 is 9.53 Å². The topological polar surface area (TPSA) is 63.6 Å². The molecule has 0 saturated heterocycles. The van der Waals surface area contributed by atoms with Crippen molar-refractivity contribution in [1.82, 2.24) is 10.4 Å². The Hall–Kier alpha value is -3.21. The van der Waals surface area contributed by atoms with Gasteiger partial charge in [-0.3, -0.25) is 9.78 Å². The SMILES string of the molecule is Cc1cc(C)c(/C=N/NC(=O)C(C)Oc2cccc3cccnc23)c(C)c1. The number of hydrazone groups is 1. The molecule has 3 rings (SSSR count). The molecule has 27 heavy (non-hydrogen) atoms. The first-order chi connectivity index (χ1) is 13.0. The zero-order valence-electron chi connectivity index (χ0n) is 16.0. The van der Waals surface area contributed by atoms with Crippen LogP contribution in [0.3, 0.4) is 0 Å². The van der Waals surface area contributed by atoms with Gasteiger partial charge in [-0.25, -0.2) is 5.43 Å². The first-order valence-electron chi connectivity index (χ1n) is 8.87. The van der Waals surface area contributed by atoms with Crippen molar-refractivity contribution in [2.24, 2.45) is 5.10 Å². The molecule has 1 aromatic heterocycles. The van der Waals surface area contributed by atoms with Gasteiger partial charge in [0.15, 0.2) is 6.10 Å². The number of hydrogen-bond donors (Lipinski definition) is 1. The Balaban J connectivity index is 1.68. The quantitative estimate of drug-likeness (QED) is 0.550. The van der Waals surface area contributed by atoms with Gasteiger partial charge < -0.3 is 4.74 Å². The molecule has 2 aromatic carbocycles. The highest BCUT2D eigenvalue weighted by molar-refractivity contribution is 5.87. The van der Waals surface area contributed by atoms with Gasteiger partial charge in [-0.15, -0.1) is 0 Å². The predicted octanol–water partition coefficient (Wildman–Crippen LogP) is 4.08. The standard InChI is InChI=1S/C22H23N3O2/c1-14-11-15(2)19(16(3)12-14)13-24-25-22(26)17(4)27-20-9-5-7-18-8-6-10-23-21(18)20/h5-13,17H,1-4H3,(H,25,26)/b24-13+. The maximum Gasteiger partial charge on any atom is 0.280 e. The lowest BCUT2D eigenvalue weighted by atomic mass is 10.0. The molecule has 0 spiro atoms. The van der Waals surface area contributed by atoms with E-state index in [2.05, 4.69) is 34.6 Å². The fourth-order valence-electron chi connectivity index (χ4n) is 3.06. The van der Waals surface area contributed by atoms with Crippen molar-refractivity contribution in [2.75, 3.05) is 0 Å². The molecule has 0 bridgehead atoms. The van der Waals surface area contributed by atoms with E-state index in [1.807, 2.05) is 38.1 Å². The van der Waals surface area contributed by atoms with Crippen molar-refractivity contribution in [1.29, 1.82) is 0 Å². The number of amides is 1. The number of nitrogens with zero attached hydrogens (tertiary/aromatic N) is 2. The highest BCUT2D eigenvalue weighted by atomic mass is 16.5. The Morgan fingerprint density at radius 1 is 1.15 bits per heavy atom. The van der Waals surface area contributed by atoms with Gasteiger partial charge >= 0.3 is 0 Å². The van der Waals surface area contributed by atoms with Crippen molar-refractivity contribution in [3.05, 3.63) is 70.9 Å². The number of aryl methyl sites for hydroxylation is 3. The van der Waals surface area contributed by atoms with Crippen molar-refractivity contribution in [2.45, 2.75) is 33.8 Å². The van der Waals surface area contributed by atoms with Gasteiger partial charge in [0.2, 0.25) is 0 Å². The summed E-state index contributed by atoms with van der Waals surface area (Å²) in [4.78, 5) is 16.7. The number of rotatable bonds is 5. The first-order valence-corrected chi connectivity index (χ1v) is 8.87. The van der Waals surface area contributed by atoms with Gasteiger partial charge in [-0.1, -0.05) is 35.9 Å². The van der Waals surface area contributed by atoms with E-state index in [1.54, 1.807) is 25.4 Å². The molecule has 0 aliphatic rings. The average molecular weight is 361 g/mol. The summed E-state index contributed by atoms with van der Waals surface area (Å²) in [5.74, 6) is 0.256. The van der Waals surface area contributed by atoms with E-state index >= 15 is 0 Å². The second kappa shape index (κ2) is 7.99. The third-order valence-electron chi connectivity index (χ3n) is 4.38. The normalized spacial score (nSPS) is 12.3. The largest absolute Gasteiger partial charge is 0.479 e. The molecule has 1 amide bonds. The number of ether oxygens (including phenoxy) is 1. The minimum Gasteiger partial charge on any atom is -0.479 e. The van der Waals surface area contributed by atoms with Gasteiger partial charge in [0.05, 0.1) is 6.21 Å². The van der Waals surface area contributed by atoms with Crippen LogP contribution in [0.25, 0.3) is 10.9 Å². The van der Waals surface area contributed by atoms with E-state index in [1.165, 1.54) is 5.56 Å². The van der Waals surface area contributed by atoms with Crippen molar-refractivity contribution in [3.63, 3.8) is 0 Å². The summed E-state index contributed by atoms with van der Waals surface area (Å²) in [6.07, 6.45) is 2.68. The zero-order valence-corrected chi connectivity index (χ0v) is 16.0. The summed E-state index contributed by atoms with van der Waals surface area (Å²) in [6, 6.07) is 13.6. The molecule has 5 nitrogen and oxygen atoms in total. The molecule has 0 radical (unpaired) electrons. The maximum atomic E-state index is 12.3. The maximum absolute atomic E-state index is 12.3. The molecular formula is C22H23N3O2. The lowest BCUT2D eigenvalue weighted by molar-refractivity contribution is -0.127. The summed E-state index contributed by atoms with van der Waals surface area (Å²) in [5, 5.41) is 5.06. The number of aromatic nitrogens is 1. The number of carbonyl (C=O) groups excluding carboxylic acids is 1. The van der Waals surface area contributed by atoms with Crippen LogP contribution in [0.1, 0.15) is 29.2 Å². The number of para-hydroxylation sites is 1. The molecule has 1 heterocycles. The van der Waals surface area contributed by atoms with Crippen molar-refractivity contribution >= 4 is 23.0 Å². The van der Waals surface area contributed by atoms with E-state index in [-0.39, 0.29) is 5.91 Å². The van der Waals surface area contributed by atoms with Crippen molar-refractivity contribution in [3.8, 4) is 5.75 Å². The summed E-state index contributed by atoms with van der Waals surface area (Å²) in [5.41, 5.74) is 7.74. The van der Waals surface area contributed by atoms with E-state index in [0.717, 1.165) is 27.6 Å². The zero-order chi connectivity index (χ0) is 19.4. The van der Waals surface area contributed by atoms with E-state index in [4.69, 9.17) is 4.74 Å². The van der Waals surface area contributed by atoms with Crippen LogP contribution in [0.5, 0.6) is 5.75 Å². The summed E-state index contributed by atoms with van der Waals surface area (Å²) in [7, 11) is 0.